The molecule has 2 aromatic rings. The second-order valence-electron chi connectivity index (χ2n) is 6.75. The Labute approximate surface area is 170 Å². The SMILES string of the molecule is COc1ccc(/C=N/NC(=O)CN2CCN(Cc3ccc(Cl)cc3)CC2)cc1. The van der Waals surface area contributed by atoms with Gasteiger partial charge in [0.25, 0.3) is 5.91 Å². The van der Waals surface area contributed by atoms with Crippen LogP contribution in [0.5, 0.6) is 5.75 Å². The molecule has 0 radical (unpaired) electrons. The Bertz CT molecular complexity index is 785. The first-order chi connectivity index (χ1) is 13.6. The molecule has 1 N–H and O–H groups in total. The monoisotopic (exact) mass is 400 g/mol. The number of hydrazone groups is 1. The van der Waals surface area contributed by atoms with Crippen LogP contribution in [0.15, 0.2) is 53.6 Å². The van der Waals surface area contributed by atoms with Crippen LogP contribution in [-0.2, 0) is 11.3 Å². The third-order valence-corrected chi connectivity index (χ3v) is 4.92. The molecule has 0 atom stereocenters. The van der Waals surface area contributed by atoms with Crippen molar-refractivity contribution in [2.45, 2.75) is 6.54 Å². The number of nitrogens with zero attached hydrogens (tertiary/aromatic N) is 3. The van der Waals surface area contributed by atoms with Crippen molar-refractivity contribution in [1.29, 1.82) is 0 Å². The van der Waals surface area contributed by atoms with Crippen LogP contribution < -0.4 is 10.2 Å². The summed E-state index contributed by atoms with van der Waals surface area (Å²) in [5.41, 5.74) is 4.75. The molecular weight excluding hydrogens is 376 g/mol. The van der Waals surface area contributed by atoms with Crippen molar-refractivity contribution in [2.24, 2.45) is 5.10 Å². The first kappa shape index (κ1) is 20.3. The van der Waals surface area contributed by atoms with E-state index in [1.54, 1.807) is 13.3 Å². The van der Waals surface area contributed by atoms with E-state index in [4.69, 9.17) is 16.3 Å². The van der Waals surface area contributed by atoms with E-state index in [-0.39, 0.29) is 5.91 Å². The van der Waals surface area contributed by atoms with Crippen LogP contribution in [0.25, 0.3) is 0 Å². The molecule has 0 aromatic heterocycles. The number of benzene rings is 2. The van der Waals surface area contributed by atoms with Gasteiger partial charge in [-0.05, 0) is 47.5 Å². The van der Waals surface area contributed by atoms with Crippen LogP contribution in [-0.4, -0.2) is 61.8 Å². The third-order valence-electron chi connectivity index (χ3n) is 4.67. The zero-order chi connectivity index (χ0) is 19.8. The Hall–Kier alpha value is -2.41. The molecule has 28 heavy (non-hydrogen) atoms. The van der Waals surface area contributed by atoms with E-state index in [2.05, 4.69) is 32.5 Å². The maximum atomic E-state index is 12.1. The van der Waals surface area contributed by atoms with E-state index in [1.165, 1.54) is 5.56 Å². The molecule has 1 heterocycles. The van der Waals surface area contributed by atoms with Crippen molar-refractivity contribution in [3.8, 4) is 5.75 Å². The molecule has 0 bridgehead atoms. The van der Waals surface area contributed by atoms with Crippen LogP contribution in [0.2, 0.25) is 5.02 Å². The predicted octanol–water partition coefficient (Wildman–Crippen LogP) is 2.62. The minimum Gasteiger partial charge on any atom is -0.497 e. The van der Waals surface area contributed by atoms with Crippen molar-refractivity contribution in [3.63, 3.8) is 0 Å². The highest BCUT2D eigenvalue weighted by atomic mass is 35.5. The maximum Gasteiger partial charge on any atom is 0.254 e. The van der Waals surface area contributed by atoms with Crippen LogP contribution in [0.3, 0.4) is 0 Å². The molecule has 1 amide bonds. The fourth-order valence-corrected chi connectivity index (χ4v) is 3.19. The lowest BCUT2D eigenvalue weighted by Gasteiger charge is -2.34. The number of nitrogens with one attached hydrogen (secondary N) is 1. The number of methoxy groups -OCH3 is 1. The van der Waals surface area contributed by atoms with Gasteiger partial charge in [0.2, 0.25) is 0 Å². The molecule has 2 aromatic carbocycles. The molecule has 0 unspecified atom stereocenters. The molecule has 1 aliphatic rings. The zero-order valence-electron chi connectivity index (χ0n) is 16.0. The van der Waals surface area contributed by atoms with E-state index >= 15 is 0 Å². The average molecular weight is 401 g/mol. The van der Waals surface area contributed by atoms with Crippen LogP contribution in [0.4, 0.5) is 0 Å². The highest BCUT2D eigenvalue weighted by molar-refractivity contribution is 6.30. The highest BCUT2D eigenvalue weighted by Gasteiger charge is 2.18. The Morgan fingerprint density at radius 3 is 2.36 bits per heavy atom. The van der Waals surface area contributed by atoms with Gasteiger partial charge in [-0.1, -0.05) is 23.7 Å². The second-order valence-corrected chi connectivity index (χ2v) is 7.18. The van der Waals surface area contributed by atoms with E-state index in [9.17, 15) is 4.79 Å². The van der Waals surface area contributed by atoms with Gasteiger partial charge in [0, 0.05) is 37.7 Å². The van der Waals surface area contributed by atoms with Crippen molar-refractivity contribution >= 4 is 23.7 Å². The van der Waals surface area contributed by atoms with Crippen molar-refractivity contribution in [2.75, 3.05) is 39.8 Å². The largest absolute Gasteiger partial charge is 0.497 e. The Kier molecular flexibility index (Phi) is 7.42. The molecule has 148 valence electrons. The average Bonchev–Trinajstić information content (AvgIpc) is 2.72. The van der Waals surface area contributed by atoms with Crippen LogP contribution in [0.1, 0.15) is 11.1 Å². The predicted molar refractivity (Wildman–Crippen MR) is 112 cm³/mol. The third kappa shape index (κ3) is 6.34. The summed E-state index contributed by atoms with van der Waals surface area (Å²) in [6.07, 6.45) is 1.63. The van der Waals surface area contributed by atoms with Crippen LogP contribution in [0, 0.1) is 0 Å². The van der Waals surface area contributed by atoms with Gasteiger partial charge in [0.1, 0.15) is 5.75 Å². The van der Waals surface area contributed by atoms with Gasteiger partial charge in [-0.2, -0.15) is 5.10 Å². The molecule has 1 aliphatic heterocycles. The van der Waals surface area contributed by atoms with E-state index in [0.29, 0.717) is 6.54 Å². The zero-order valence-corrected chi connectivity index (χ0v) is 16.7. The standard InChI is InChI=1S/C21H25ClN4O2/c1-28-20-8-4-17(5-9-20)14-23-24-21(27)16-26-12-10-25(11-13-26)15-18-2-6-19(22)7-3-18/h2-9,14H,10-13,15-16H2,1H3,(H,24,27)/b23-14+. The Balaban J connectivity index is 1.37. The van der Waals surface area contributed by atoms with Gasteiger partial charge in [-0.3, -0.25) is 14.6 Å². The first-order valence-electron chi connectivity index (χ1n) is 9.27. The molecule has 1 saturated heterocycles. The lowest BCUT2D eigenvalue weighted by molar-refractivity contribution is -0.122. The van der Waals surface area contributed by atoms with E-state index in [1.807, 2.05) is 36.4 Å². The molecule has 0 saturated carbocycles. The normalized spacial score (nSPS) is 15.6. The maximum absolute atomic E-state index is 12.1. The van der Waals surface area contributed by atoms with Gasteiger partial charge in [0.15, 0.2) is 0 Å². The Morgan fingerprint density at radius 2 is 1.71 bits per heavy atom. The second kappa shape index (κ2) is 10.2. The molecule has 3 rings (SSSR count). The fourth-order valence-electron chi connectivity index (χ4n) is 3.06. The van der Waals surface area contributed by atoms with Crippen molar-refractivity contribution < 1.29 is 9.53 Å². The highest BCUT2D eigenvalue weighted by Crippen LogP contribution is 2.13. The van der Waals surface area contributed by atoms with Gasteiger partial charge in [-0.15, -0.1) is 0 Å². The fraction of sp³-hybridized carbons (Fsp3) is 0.333. The molecule has 0 spiro atoms. The number of rotatable bonds is 7. The summed E-state index contributed by atoms with van der Waals surface area (Å²) in [4.78, 5) is 16.6. The van der Waals surface area contributed by atoms with E-state index in [0.717, 1.165) is 49.1 Å². The van der Waals surface area contributed by atoms with Crippen molar-refractivity contribution in [3.05, 3.63) is 64.7 Å². The summed E-state index contributed by atoms with van der Waals surface area (Å²) >= 11 is 5.93. The smallest absolute Gasteiger partial charge is 0.254 e. The number of amides is 1. The van der Waals surface area contributed by atoms with Gasteiger partial charge in [0.05, 0.1) is 19.9 Å². The van der Waals surface area contributed by atoms with Gasteiger partial charge >= 0.3 is 0 Å². The number of carbonyl (C=O) groups excluding carboxylic acids is 1. The lowest BCUT2D eigenvalue weighted by Crippen LogP contribution is -2.48. The van der Waals surface area contributed by atoms with Gasteiger partial charge < -0.3 is 4.74 Å². The van der Waals surface area contributed by atoms with Crippen LogP contribution >= 0.6 is 11.6 Å². The molecular formula is C21H25ClN4O2. The quantitative estimate of drug-likeness (QED) is 0.573. The minimum absolute atomic E-state index is 0.101. The summed E-state index contributed by atoms with van der Waals surface area (Å²) in [6, 6.07) is 15.4. The Morgan fingerprint density at radius 1 is 1.07 bits per heavy atom. The summed E-state index contributed by atoms with van der Waals surface area (Å²) < 4.78 is 5.11. The molecule has 0 aliphatic carbocycles. The molecule has 6 nitrogen and oxygen atoms in total. The number of hydrogen-bond acceptors (Lipinski definition) is 5. The summed E-state index contributed by atoms with van der Waals surface area (Å²) in [7, 11) is 1.63. The molecule has 1 fully saturated rings. The van der Waals surface area contributed by atoms with Gasteiger partial charge in [-0.25, -0.2) is 5.43 Å². The first-order valence-corrected chi connectivity index (χ1v) is 9.65. The summed E-state index contributed by atoms with van der Waals surface area (Å²) in [5, 5.41) is 4.79. The number of carbonyl (C=O) groups is 1. The number of piperazine rings is 1. The molecule has 7 heteroatoms. The number of hydrogen-bond donors (Lipinski definition) is 1. The lowest BCUT2D eigenvalue weighted by atomic mass is 10.2. The number of halogens is 1. The summed E-state index contributed by atoms with van der Waals surface area (Å²) in [6.45, 7) is 4.86. The summed E-state index contributed by atoms with van der Waals surface area (Å²) in [5.74, 6) is 0.687. The van der Waals surface area contributed by atoms with E-state index < -0.39 is 0 Å². The minimum atomic E-state index is -0.101. The topological polar surface area (TPSA) is 57.2 Å². The van der Waals surface area contributed by atoms with Crippen molar-refractivity contribution in [1.82, 2.24) is 15.2 Å². The number of ether oxygens (including phenoxy) is 1.